The summed E-state index contributed by atoms with van der Waals surface area (Å²) in [5.41, 5.74) is 11.5. The predicted octanol–water partition coefficient (Wildman–Crippen LogP) is -0.778. The van der Waals surface area contributed by atoms with Crippen LogP contribution in [0, 0.1) is 12.8 Å². The molecule has 1 aliphatic heterocycles. The topological polar surface area (TPSA) is 130 Å². The SMILES string of the molecule is Cc1cc(=O)[nH]c(N=C(N)N2CCC(C(N)=O)CC2)n1. The van der Waals surface area contributed by atoms with Gasteiger partial charge in [-0.25, -0.2) is 4.98 Å². The Balaban J connectivity index is 2.08. The second-order valence-electron chi connectivity index (χ2n) is 4.84. The van der Waals surface area contributed by atoms with E-state index in [1.54, 1.807) is 6.92 Å². The van der Waals surface area contributed by atoms with Crippen LogP contribution in [0.5, 0.6) is 0 Å². The largest absolute Gasteiger partial charge is 0.369 e. The van der Waals surface area contributed by atoms with Crippen LogP contribution in [0.4, 0.5) is 5.95 Å². The number of rotatable bonds is 2. The van der Waals surface area contributed by atoms with E-state index in [4.69, 9.17) is 11.5 Å². The number of carbonyl (C=O) groups is 1. The van der Waals surface area contributed by atoms with Crippen LogP contribution in [0.1, 0.15) is 18.5 Å². The molecule has 2 heterocycles. The Labute approximate surface area is 115 Å². The van der Waals surface area contributed by atoms with Gasteiger partial charge in [-0.2, -0.15) is 4.99 Å². The van der Waals surface area contributed by atoms with Crippen LogP contribution in [0.3, 0.4) is 0 Å². The van der Waals surface area contributed by atoms with E-state index in [2.05, 4.69) is 15.0 Å². The molecule has 2 rings (SSSR count). The van der Waals surface area contributed by atoms with Crippen molar-refractivity contribution >= 4 is 17.8 Å². The molecule has 8 heteroatoms. The Morgan fingerprint density at radius 3 is 2.65 bits per heavy atom. The molecule has 8 nitrogen and oxygen atoms in total. The predicted molar refractivity (Wildman–Crippen MR) is 74.4 cm³/mol. The lowest BCUT2D eigenvalue weighted by molar-refractivity contribution is -0.122. The van der Waals surface area contributed by atoms with Crippen LogP contribution in [0.25, 0.3) is 0 Å². The number of amides is 1. The number of primary amides is 1. The molecule has 0 atom stereocenters. The molecule has 1 aliphatic rings. The van der Waals surface area contributed by atoms with Gasteiger partial charge in [0.05, 0.1) is 0 Å². The maximum atomic E-state index is 11.3. The van der Waals surface area contributed by atoms with Gasteiger partial charge in [0.15, 0.2) is 5.96 Å². The number of nitrogens with one attached hydrogen (secondary N) is 1. The molecule has 0 spiro atoms. The van der Waals surface area contributed by atoms with Crippen LogP contribution in [0.15, 0.2) is 15.9 Å². The Morgan fingerprint density at radius 1 is 1.45 bits per heavy atom. The first-order chi connectivity index (χ1) is 9.45. The quantitative estimate of drug-likeness (QED) is 0.482. The third-order valence-electron chi connectivity index (χ3n) is 3.30. The van der Waals surface area contributed by atoms with Crippen molar-refractivity contribution in [3.63, 3.8) is 0 Å². The minimum absolute atomic E-state index is 0.101. The molecule has 0 saturated carbocycles. The fourth-order valence-electron chi connectivity index (χ4n) is 2.19. The molecular weight excluding hydrogens is 260 g/mol. The van der Waals surface area contributed by atoms with Gasteiger partial charge in [0.2, 0.25) is 11.9 Å². The summed E-state index contributed by atoms with van der Waals surface area (Å²) in [6, 6.07) is 1.38. The normalized spacial score (nSPS) is 17.2. The molecule has 20 heavy (non-hydrogen) atoms. The summed E-state index contributed by atoms with van der Waals surface area (Å²) in [6.45, 7) is 2.93. The monoisotopic (exact) mass is 278 g/mol. The number of aromatic nitrogens is 2. The molecule has 1 saturated heterocycles. The summed E-state index contributed by atoms with van der Waals surface area (Å²) in [5.74, 6) is 0.0898. The highest BCUT2D eigenvalue weighted by molar-refractivity contribution is 5.81. The molecule has 108 valence electrons. The number of likely N-dealkylation sites (tertiary alicyclic amines) is 1. The molecule has 5 N–H and O–H groups in total. The lowest BCUT2D eigenvalue weighted by Crippen LogP contribution is -2.45. The third kappa shape index (κ3) is 3.34. The number of aliphatic imine (C=N–C) groups is 1. The van der Waals surface area contributed by atoms with Crippen molar-refractivity contribution in [2.75, 3.05) is 13.1 Å². The van der Waals surface area contributed by atoms with Crippen LogP contribution < -0.4 is 17.0 Å². The zero-order chi connectivity index (χ0) is 14.7. The van der Waals surface area contributed by atoms with Gasteiger partial charge >= 0.3 is 0 Å². The molecular formula is C12H18N6O2. The Hall–Kier alpha value is -2.38. The standard InChI is InChI=1S/C12H18N6O2/c1-7-6-9(19)16-12(15-7)17-11(14)18-4-2-8(3-5-18)10(13)20/h6,8H,2-5H2,1H3,(H2,13,20)(H3,14,15,16,17,19). The number of guanidine groups is 1. The fourth-order valence-corrected chi connectivity index (χ4v) is 2.19. The lowest BCUT2D eigenvalue weighted by atomic mass is 9.96. The molecule has 0 bridgehead atoms. The Kier molecular flexibility index (Phi) is 4.02. The van der Waals surface area contributed by atoms with Gasteiger partial charge in [-0.1, -0.05) is 0 Å². The van der Waals surface area contributed by atoms with Gasteiger partial charge in [0, 0.05) is 30.8 Å². The summed E-state index contributed by atoms with van der Waals surface area (Å²) in [6.07, 6.45) is 1.31. The number of aromatic amines is 1. The summed E-state index contributed by atoms with van der Waals surface area (Å²) >= 11 is 0. The first-order valence-corrected chi connectivity index (χ1v) is 6.42. The summed E-state index contributed by atoms with van der Waals surface area (Å²) < 4.78 is 0. The van der Waals surface area contributed by atoms with Gasteiger partial charge < -0.3 is 16.4 Å². The summed E-state index contributed by atoms with van der Waals surface area (Å²) in [5, 5.41) is 0. The molecule has 1 aromatic rings. The highest BCUT2D eigenvalue weighted by Gasteiger charge is 2.24. The van der Waals surface area contributed by atoms with E-state index in [0.717, 1.165) is 0 Å². The molecule has 1 aromatic heterocycles. The van der Waals surface area contributed by atoms with Crippen LogP contribution in [-0.4, -0.2) is 39.8 Å². The minimum Gasteiger partial charge on any atom is -0.369 e. The van der Waals surface area contributed by atoms with Crippen molar-refractivity contribution in [2.45, 2.75) is 19.8 Å². The van der Waals surface area contributed by atoms with Crippen LogP contribution in [-0.2, 0) is 4.79 Å². The number of aryl methyl sites for hydroxylation is 1. The third-order valence-corrected chi connectivity index (χ3v) is 3.30. The smallest absolute Gasteiger partial charge is 0.252 e. The van der Waals surface area contributed by atoms with E-state index in [0.29, 0.717) is 31.6 Å². The minimum atomic E-state index is -0.273. The summed E-state index contributed by atoms with van der Waals surface area (Å²) in [4.78, 5) is 35.0. The van der Waals surface area contributed by atoms with E-state index < -0.39 is 0 Å². The zero-order valence-corrected chi connectivity index (χ0v) is 11.3. The number of H-pyrrole nitrogens is 1. The molecule has 0 aromatic carbocycles. The number of hydrogen-bond donors (Lipinski definition) is 3. The van der Waals surface area contributed by atoms with E-state index in [-0.39, 0.29) is 29.3 Å². The number of piperidine rings is 1. The van der Waals surface area contributed by atoms with E-state index in [1.165, 1.54) is 6.07 Å². The van der Waals surface area contributed by atoms with Crippen LogP contribution in [0.2, 0.25) is 0 Å². The van der Waals surface area contributed by atoms with Crippen LogP contribution >= 0.6 is 0 Å². The number of nitrogens with two attached hydrogens (primary N) is 2. The Morgan fingerprint density at radius 2 is 2.10 bits per heavy atom. The van der Waals surface area contributed by atoms with Gasteiger partial charge in [-0.3, -0.25) is 14.6 Å². The number of nitrogens with zero attached hydrogens (tertiary/aromatic N) is 3. The van der Waals surface area contributed by atoms with Gasteiger partial charge in [-0.05, 0) is 19.8 Å². The molecule has 0 unspecified atom stereocenters. The highest BCUT2D eigenvalue weighted by Crippen LogP contribution is 2.16. The van der Waals surface area contributed by atoms with Crippen molar-refractivity contribution in [2.24, 2.45) is 22.4 Å². The average Bonchev–Trinajstić information content (AvgIpc) is 2.37. The second-order valence-corrected chi connectivity index (χ2v) is 4.84. The first kappa shape index (κ1) is 14.0. The van der Waals surface area contributed by atoms with Gasteiger partial charge in [-0.15, -0.1) is 0 Å². The van der Waals surface area contributed by atoms with Crippen molar-refractivity contribution in [1.82, 2.24) is 14.9 Å². The van der Waals surface area contributed by atoms with Crippen molar-refractivity contribution < 1.29 is 4.79 Å². The van der Waals surface area contributed by atoms with Crippen molar-refractivity contribution in [3.8, 4) is 0 Å². The maximum absolute atomic E-state index is 11.3. The van der Waals surface area contributed by atoms with Crippen molar-refractivity contribution in [3.05, 3.63) is 22.1 Å². The number of hydrogen-bond acceptors (Lipinski definition) is 4. The van der Waals surface area contributed by atoms with Gasteiger partial charge in [0.25, 0.3) is 5.56 Å². The Bertz CT molecular complexity index is 586. The number of carbonyl (C=O) groups excluding carboxylic acids is 1. The first-order valence-electron chi connectivity index (χ1n) is 6.42. The molecule has 0 aliphatic carbocycles. The average molecular weight is 278 g/mol. The fraction of sp³-hybridized carbons (Fsp3) is 0.500. The van der Waals surface area contributed by atoms with E-state index in [9.17, 15) is 9.59 Å². The van der Waals surface area contributed by atoms with Crippen molar-refractivity contribution in [1.29, 1.82) is 0 Å². The maximum Gasteiger partial charge on any atom is 0.252 e. The van der Waals surface area contributed by atoms with Gasteiger partial charge in [0.1, 0.15) is 0 Å². The molecule has 1 fully saturated rings. The highest BCUT2D eigenvalue weighted by atomic mass is 16.1. The zero-order valence-electron chi connectivity index (χ0n) is 11.3. The molecule has 0 radical (unpaired) electrons. The summed E-state index contributed by atoms with van der Waals surface area (Å²) in [7, 11) is 0. The molecule has 1 amide bonds. The van der Waals surface area contributed by atoms with E-state index in [1.807, 2.05) is 4.90 Å². The lowest BCUT2D eigenvalue weighted by Gasteiger charge is -2.31. The second kappa shape index (κ2) is 5.72. The van der Waals surface area contributed by atoms with E-state index >= 15 is 0 Å².